The standard InChI is InChI=1S/C19H33N7.HI/c1-17-5-11-24(12-6-17)10-4-9-21-18(20-2)25-13-15-26(16-14-25)19-22-7-3-8-23-19;/h3,7-8,17H,4-6,9-16H2,1-2H3,(H,20,21);1H. The van der Waals surface area contributed by atoms with E-state index in [9.17, 15) is 0 Å². The number of guanidine groups is 1. The molecule has 0 spiro atoms. The second-order valence-corrected chi connectivity index (χ2v) is 7.37. The molecular weight excluding hydrogens is 453 g/mol. The minimum absolute atomic E-state index is 0. The second kappa shape index (κ2) is 11.6. The van der Waals surface area contributed by atoms with Gasteiger partial charge >= 0.3 is 0 Å². The van der Waals surface area contributed by atoms with E-state index in [1.807, 2.05) is 13.1 Å². The Morgan fingerprint density at radius 1 is 1.11 bits per heavy atom. The van der Waals surface area contributed by atoms with Gasteiger partial charge in [-0.3, -0.25) is 4.99 Å². The number of hydrogen-bond donors (Lipinski definition) is 1. The molecule has 0 atom stereocenters. The zero-order chi connectivity index (χ0) is 18.2. The maximum Gasteiger partial charge on any atom is 0.225 e. The lowest BCUT2D eigenvalue weighted by atomic mass is 9.99. The molecule has 0 aromatic carbocycles. The van der Waals surface area contributed by atoms with E-state index in [-0.39, 0.29) is 24.0 Å². The smallest absolute Gasteiger partial charge is 0.225 e. The molecule has 1 aromatic heterocycles. The van der Waals surface area contributed by atoms with Gasteiger partial charge in [0.15, 0.2) is 5.96 Å². The Bertz CT molecular complexity index is 552. The van der Waals surface area contributed by atoms with Crippen LogP contribution in [0.5, 0.6) is 0 Å². The first kappa shape index (κ1) is 22.1. The van der Waals surface area contributed by atoms with E-state index >= 15 is 0 Å². The van der Waals surface area contributed by atoms with Crippen LogP contribution in [-0.4, -0.2) is 85.1 Å². The van der Waals surface area contributed by atoms with Crippen LogP contribution in [0.1, 0.15) is 26.2 Å². The summed E-state index contributed by atoms with van der Waals surface area (Å²) in [4.78, 5) is 20.3. The number of likely N-dealkylation sites (tertiary alicyclic amines) is 1. The lowest BCUT2D eigenvalue weighted by Gasteiger charge is -2.36. The minimum Gasteiger partial charge on any atom is -0.356 e. The van der Waals surface area contributed by atoms with Crippen molar-refractivity contribution in [3.05, 3.63) is 18.5 Å². The van der Waals surface area contributed by atoms with E-state index in [2.05, 4.69) is 41.9 Å². The molecule has 2 aliphatic heterocycles. The molecule has 2 aliphatic rings. The molecule has 2 fully saturated rings. The van der Waals surface area contributed by atoms with E-state index in [0.717, 1.165) is 50.5 Å². The number of halogens is 1. The number of nitrogens with zero attached hydrogens (tertiary/aromatic N) is 6. The van der Waals surface area contributed by atoms with Crippen LogP contribution in [0, 0.1) is 5.92 Å². The first-order valence-electron chi connectivity index (χ1n) is 9.96. The summed E-state index contributed by atoms with van der Waals surface area (Å²) in [5.74, 6) is 2.75. The summed E-state index contributed by atoms with van der Waals surface area (Å²) in [5, 5.41) is 3.54. The van der Waals surface area contributed by atoms with Gasteiger partial charge < -0.3 is 20.0 Å². The third-order valence-corrected chi connectivity index (χ3v) is 5.44. The lowest BCUT2D eigenvalue weighted by Crippen LogP contribution is -2.53. The van der Waals surface area contributed by atoms with Gasteiger partial charge in [0.2, 0.25) is 5.95 Å². The molecule has 0 bridgehead atoms. The average molecular weight is 487 g/mol. The van der Waals surface area contributed by atoms with Gasteiger partial charge in [-0.1, -0.05) is 6.92 Å². The Labute approximate surface area is 180 Å². The quantitative estimate of drug-likeness (QED) is 0.297. The highest BCUT2D eigenvalue weighted by Gasteiger charge is 2.21. The first-order valence-corrected chi connectivity index (χ1v) is 9.96. The predicted octanol–water partition coefficient (Wildman–Crippen LogP) is 1.91. The number of piperazine rings is 1. The topological polar surface area (TPSA) is 59.9 Å². The molecular formula is C19H34IN7. The molecule has 3 rings (SSSR count). The number of rotatable bonds is 5. The summed E-state index contributed by atoms with van der Waals surface area (Å²) in [5.41, 5.74) is 0. The summed E-state index contributed by atoms with van der Waals surface area (Å²) < 4.78 is 0. The Kier molecular flexibility index (Phi) is 9.53. The van der Waals surface area contributed by atoms with Gasteiger partial charge in [-0.05, 0) is 50.9 Å². The molecule has 0 radical (unpaired) electrons. The molecule has 2 saturated heterocycles. The second-order valence-electron chi connectivity index (χ2n) is 7.37. The van der Waals surface area contributed by atoms with E-state index in [1.165, 1.54) is 38.9 Å². The Hall–Kier alpha value is -1.16. The molecule has 0 saturated carbocycles. The van der Waals surface area contributed by atoms with Crippen LogP contribution >= 0.6 is 24.0 Å². The average Bonchev–Trinajstić information content (AvgIpc) is 2.70. The number of anilines is 1. The van der Waals surface area contributed by atoms with Crippen LogP contribution in [0.3, 0.4) is 0 Å². The summed E-state index contributed by atoms with van der Waals surface area (Å²) in [6.07, 6.45) is 7.48. The van der Waals surface area contributed by atoms with Crippen molar-refractivity contribution in [2.24, 2.45) is 10.9 Å². The number of nitrogens with one attached hydrogen (secondary N) is 1. The van der Waals surface area contributed by atoms with Gasteiger partial charge in [-0.2, -0.15) is 0 Å². The highest BCUT2D eigenvalue weighted by molar-refractivity contribution is 14.0. The molecule has 0 amide bonds. The highest BCUT2D eigenvalue weighted by atomic mass is 127. The summed E-state index contributed by atoms with van der Waals surface area (Å²) in [6, 6.07) is 1.86. The van der Waals surface area contributed by atoms with Crippen LogP contribution in [0.15, 0.2) is 23.5 Å². The SMILES string of the molecule is CN=C(NCCCN1CCC(C)CC1)N1CCN(c2ncccn2)CC1.I. The number of piperidine rings is 1. The zero-order valence-corrected chi connectivity index (χ0v) is 19.0. The van der Waals surface area contributed by atoms with Crippen molar-refractivity contribution in [2.45, 2.75) is 26.2 Å². The fourth-order valence-electron chi connectivity index (χ4n) is 3.69. The Morgan fingerprint density at radius 3 is 2.41 bits per heavy atom. The number of hydrogen-bond acceptors (Lipinski definition) is 5. The van der Waals surface area contributed by atoms with Crippen LogP contribution in [-0.2, 0) is 0 Å². The molecule has 0 aliphatic carbocycles. The maximum atomic E-state index is 4.47. The molecule has 1 aromatic rings. The largest absolute Gasteiger partial charge is 0.356 e. The first-order chi connectivity index (χ1) is 12.8. The molecule has 0 unspecified atom stereocenters. The normalized spacial score (nSPS) is 19.7. The number of aliphatic imine (C=N–C) groups is 1. The fourth-order valence-corrected chi connectivity index (χ4v) is 3.69. The van der Waals surface area contributed by atoms with Crippen molar-refractivity contribution in [3.63, 3.8) is 0 Å². The molecule has 1 N–H and O–H groups in total. The minimum atomic E-state index is 0. The van der Waals surface area contributed by atoms with Crippen LogP contribution in [0.4, 0.5) is 5.95 Å². The summed E-state index contributed by atoms with van der Waals surface area (Å²) in [6.45, 7) is 10.8. The van der Waals surface area contributed by atoms with Crippen molar-refractivity contribution >= 4 is 35.9 Å². The fraction of sp³-hybridized carbons (Fsp3) is 0.737. The van der Waals surface area contributed by atoms with Crippen molar-refractivity contribution in [1.29, 1.82) is 0 Å². The molecule has 3 heterocycles. The molecule has 27 heavy (non-hydrogen) atoms. The Balaban J connectivity index is 0.00000261. The highest BCUT2D eigenvalue weighted by Crippen LogP contribution is 2.15. The third kappa shape index (κ3) is 6.74. The van der Waals surface area contributed by atoms with Crippen molar-refractivity contribution in [3.8, 4) is 0 Å². The molecule has 8 heteroatoms. The summed E-state index contributed by atoms with van der Waals surface area (Å²) >= 11 is 0. The van der Waals surface area contributed by atoms with E-state index in [1.54, 1.807) is 12.4 Å². The van der Waals surface area contributed by atoms with E-state index in [4.69, 9.17) is 0 Å². The van der Waals surface area contributed by atoms with Crippen molar-refractivity contribution < 1.29 is 0 Å². The summed E-state index contributed by atoms with van der Waals surface area (Å²) in [7, 11) is 1.88. The van der Waals surface area contributed by atoms with Gasteiger partial charge in [0.25, 0.3) is 0 Å². The monoisotopic (exact) mass is 487 g/mol. The van der Waals surface area contributed by atoms with Gasteiger partial charge in [0, 0.05) is 52.2 Å². The maximum absolute atomic E-state index is 4.47. The van der Waals surface area contributed by atoms with Crippen LogP contribution in [0.2, 0.25) is 0 Å². The van der Waals surface area contributed by atoms with Gasteiger partial charge in [-0.15, -0.1) is 24.0 Å². The van der Waals surface area contributed by atoms with E-state index < -0.39 is 0 Å². The van der Waals surface area contributed by atoms with Crippen LogP contribution < -0.4 is 10.2 Å². The van der Waals surface area contributed by atoms with E-state index in [0.29, 0.717) is 0 Å². The van der Waals surface area contributed by atoms with Crippen molar-refractivity contribution in [1.82, 2.24) is 25.1 Å². The van der Waals surface area contributed by atoms with Gasteiger partial charge in [-0.25, -0.2) is 9.97 Å². The zero-order valence-electron chi connectivity index (χ0n) is 16.7. The van der Waals surface area contributed by atoms with Crippen molar-refractivity contribution in [2.75, 3.05) is 64.3 Å². The Morgan fingerprint density at radius 2 is 1.78 bits per heavy atom. The van der Waals surface area contributed by atoms with Gasteiger partial charge in [0.1, 0.15) is 0 Å². The number of aromatic nitrogens is 2. The van der Waals surface area contributed by atoms with Gasteiger partial charge in [0.05, 0.1) is 0 Å². The molecule has 152 valence electrons. The molecule has 7 nitrogen and oxygen atoms in total. The van der Waals surface area contributed by atoms with Crippen LogP contribution in [0.25, 0.3) is 0 Å². The predicted molar refractivity (Wildman–Crippen MR) is 122 cm³/mol. The third-order valence-electron chi connectivity index (χ3n) is 5.44. The lowest BCUT2D eigenvalue weighted by molar-refractivity contribution is 0.191.